The second-order valence-electron chi connectivity index (χ2n) is 5.01. The van der Waals surface area contributed by atoms with Crippen LogP contribution in [-0.4, -0.2) is 13.1 Å². The van der Waals surface area contributed by atoms with Crippen LogP contribution in [0.4, 0.5) is 5.69 Å². The maximum atomic E-state index is 5.54. The quantitative estimate of drug-likeness (QED) is 0.682. The summed E-state index contributed by atoms with van der Waals surface area (Å²) in [6.07, 6.45) is 8.17. The van der Waals surface area contributed by atoms with Gasteiger partial charge in [-0.05, 0) is 44.4 Å². The first kappa shape index (κ1) is 11.1. The zero-order chi connectivity index (χ0) is 11.6. The van der Waals surface area contributed by atoms with Gasteiger partial charge in [-0.1, -0.05) is 18.1 Å². The SMILES string of the molecule is C#CC(C)(C)c1ccc(N2CCCC2)cc1. The smallest absolute Gasteiger partial charge is 0.0504 e. The maximum Gasteiger partial charge on any atom is 0.0504 e. The summed E-state index contributed by atoms with van der Waals surface area (Å²) in [7, 11) is 0. The fourth-order valence-electron chi connectivity index (χ4n) is 2.15. The van der Waals surface area contributed by atoms with Gasteiger partial charge < -0.3 is 4.90 Å². The molecule has 0 N–H and O–H groups in total. The lowest BCUT2D eigenvalue weighted by molar-refractivity contribution is 0.699. The van der Waals surface area contributed by atoms with Crippen molar-refractivity contribution in [1.29, 1.82) is 0 Å². The highest BCUT2D eigenvalue weighted by molar-refractivity contribution is 5.50. The molecule has 1 fully saturated rings. The third kappa shape index (κ3) is 2.07. The molecule has 1 nitrogen and oxygen atoms in total. The van der Waals surface area contributed by atoms with Crippen LogP contribution in [-0.2, 0) is 5.41 Å². The van der Waals surface area contributed by atoms with Crippen LogP contribution in [0.2, 0.25) is 0 Å². The van der Waals surface area contributed by atoms with E-state index in [1.54, 1.807) is 0 Å². The van der Waals surface area contributed by atoms with Gasteiger partial charge >= 0.3 is 0 Å². The average molecular weight is 213 g/mol. The van der Waals surface area contributed by atoms with Crippen molar-refractivity contribution in [1.82, 2.24) is 0 Å². The Morgan fingerprint density at radius 2 is 1.69 bits per heavy atom. The Kier molecular flexibility index (Phi) is 2.92. The van der Waals surface area contributed by atoms with E-state index in [0.717, 1.165) is 0 Å². The molecule has 0 amide bonds. The van der Waals surface area contributed by atoms with Gasteiger partial charge in [0, 0.05) is 18.8 Å². The molecule has 1 heterocycles. The second-order valence-corrected chi connectivity index (χ2v) is 5.01. The van der Waals surface area contributed by atoms with Gasteiger partial charge in [0.15, 0.2) is 0 Å². The summed E-state index contributed by atoms with van der Waals surface area (Å²) in [6.45, 7) is 6.55. The van der Waals surface area contributed by atoms with Crippen LogP contribution in [0.3, 0.4) is 0 Å². The highest BCUT2D eigenvalue weighted by atomic mass is 15.1. The molecule has 1 aromatic rings. The lowest BCUT2D eigenvalue weighted by atomic mass is 9.86. The Bertz CT molecular complexity index is 388. The van der Waals surface area contributed by atoms with Crippen molar-refractivity contribution in [2.45, 2.75) is 32.1 Å². The minimum Gasteiger partial charge on any atom is -0.372 e. The third-order valence-electron chi connectivity index (χ3n) is 3.42. The lowest BCUT2D eigenvalue weighted by Gasteiger charge is -2.21. The van der Waals surface area contributed by atoms with Gasteiger partial charge in [0.05, 0.1) is 5.41 Å². The van der Waals surface area contributed by atoms with E-state index in [0.29, 0.717) is 0 Å². The Labute approximate surface area is 98.5 Å². The maximum absolute atomic E-state index is 5.54. The van der Waals surface area contributed by atoms with Crippen LogP contribution in [0.15, 0.2) is 24.3 Å². The molecule has 1 heteroatoms. The van der Waals surface area contributed by atoms with Crippen LogP contribution in [0.25, 0.3) is 0 Å². The number of benzene rings is 1. The number of rotatable bonds is 2. The zero-order valence-electron chi connectivity index (χ0n) is 10.2. The summed E-state index contributed by atoms with van der Waals surface area (Å²) < 4.78 is 0. The van der Waals surface area contributed by atoms with Crippen LogP contribution in [0.5, 0.6) is 0 Å². The van der Waals surface area contributed by atoms with Gasteiger partial charge in [-0.15, -0.1) is 6.42 Å². The first-order chi connectivity index (χ1) is 7.63. The molecule has 0 radical (unpaired) electrons. The summed E-state index contributed by atoms with van der Waals surface area (Å²) in [4.78, 5) is 2.44. The normalized spacial score (nSPS) is 16.2. The minimum absolute atomic E-state index is 0.163. The number of hydrogen-bond acceptors (Lipinski definition) is 1. The van der Waals surface area contributed by atoms with Crippen LogP contribution in [0.1, 0.15) is 32.3 Å². The summed E-state index contributed by atoms with van der Waals surface area (Å²) in [5.74, 6) is 2.83. The van der Waals surface area contributed by atoms with Gasteiger partial charge in [-0.3, -0.25) is 0 Å². The van der Waals surface area contributed by atoms with Crippen molar-refractivity contribution in [3.63, 3.8) is 0 Å². The summed E-state index contributed by atoms with van der Waals surface area (Å²) in [6, 6.07) is 8.71. The second kappa shape index (κ2) is 4.22. The van der Waals surface area contributed by atoms with Crippen molar-refractivity contribution in [3.8, 4) is 12.3 Å². The molecule has 0 saturated carbocycles. The molecule has 0 unspecified atom stereocenters. The molecule has 16 heavy (non-hydrogen) atoms. The van der Waals surface area contributed by atoms with E-state index in [4.69, 9.17) is 6.42 Å². The molecule has 1 aliphatic heterocycles. The van der Waals surface area contributed by atoms with E-state index >= 15 is 0 Å². The Morgan fingerprint density at radius 1 is 1.12 bits per heavy atom. The molecule has 0 bridgehead atoms. The number of anilines is 1. The molecule has 0 aromatic heterocycles. The average Bonchev–Trinajstić information content (AvgIpc) is 2.83. The Hall–Kier alpha value is -1.42. The van der Waals surface area contributed by atoms with Gasteiger partial charge in [0.1, 0.15) is 0 Å². The van der Waals surface area contributed by atoms with E-state index < -0.39 is 0 Å². The van der Waals surface area contributed by atoms with E-state index in [9.17, 15) is 0 Å². The molecule has 2 rings (SSSR count). The molecular weight excluding hydrogens is 194 g/mol. The fraction of sp³-hybridized carbons (Fsp3) is 0.467. The molecule has 1 aromatic carbocycles. The van der Waals surface area contributed by atoms with E-state index in [2.05, 4.69) is 48.9 Å². The topological polar surface area (TPSA) is 3.24 Å². The molecule has 84 valence electrons. The third-order valence-corrected chi connectivity index (χ3v) is 3.42. The zero-order valence-corrected chi connectivity index (χ0v) is 10.2. The van der Waals surface area contributed by atoms with Crippen LogP contribution in [0, 0.1) is 12.3 Å². The van der Waals surface area contributed by atoms with E-state index in [1.165, 1.54) is 37.2 Å². The summed E-state index contributed by atoms with van der Waals surface area (Å²) in [5, 5.41) is 0. The van der Waals surface area contributed by atoms with Crippen LogP contribution < -0.4 is 4.90 Å². The van der Waals surface area contributed by atoms with Crippen molar-refractivity contribution in [2.75, 3.05) is 18.0 Å². The van der Waals surface area contributed by atoms with E-state index in [-0.39, 0.29) is 5.41 Å². The minimum atomic E-state index is -0.163. The molecule has 0 aliphatic carbocycles. The van der Waals surface area contributed by atoms with Crippen molar-refractivity contribution < 1.29 is 0 Å². The fourth-order valence-corrected chi connectivity index (χ4v) is 2.15. The highest BCUT2D eigenvalue weighted by Gasteiger charge is 2.18. The largest absolute Gasteiger partial charge is 0.372 e. The summed E-state index contributed by atoms with van der Waals surface area (Å²) in [5.41, 5.74) is 2.39. The number of hydrogen-bond donors (Lipinski definition) is 0. The van der Waals surface area contributed by atoms with Gasteiger partial charge in [-0.2, -0.15) is 0 Å². The lowest BCUT2D eigenvalue weighted by Crippen LogP contribution is -2.18. The van der Waals surface area contributed by atoms with E-state index in [1.807, 2.05) is 0 Å². The first-order valence-electron chi connectivity index (χ1n) is 5.97. The molecule has 1 saturated heterocycles. The number of nitrogens with zero attached hydrogens (tertiary/aromatic N) is 1. The predicted molar refractivity (Wildman–Crippen MR) is 69.7 cm³/mol. The predicted octanol–water partition coefficient (Wildman–Crippen LogP) is 3.20. The van der Waals surface area contributed by atoms with Crippen molar-refractivity contribution in [2.24, 2.45) is 0 Å². The van der Waals surface area contributed by atoms with Gasteiger partial charge in [-0.25, -0.2) is 0 Å². The summed E-state index contributed by atoms with van der Waals surface area (Å²) >= 11 is 0. The molecule has 0 spiro atoms. The van der Waals surface area contributed by atoms with Crippen LogP contribution >= 0.6 is 0 Å². The van der Waals surface area contributed by atoms with Gasteiger partial charge in [0.25, 0.3) is 0 Å². The first-order valence-corrected chi connectivity index (χ1v) is 5.97. The Balaban J connectivity index is 2.20. The van der Waals surface area contributed by atoms with Crippen molar-refractivity contribution >= 4 is 5.69 Å². The highest BCUT2D eigenvalue weighted by Crippen LogP contribution is 2.26. The Morgan fingerprint density at radius 3 is 2.19 bits per heavy atom. The molecule has 0 atom stereocenters. The monoisotopic (exact) mass is 213 g/mol. The molecular formula is C15H19N. The van der Waals surface area contributed by atoms with Gasteiger partial charge in [0.2, 0.25) is 0 Å². The number of terminal acetylenes is 1. The standard InChI is InChI=1S/C15H19N/c1-4-15(2,3)13-7-9-14(10-8-13)16-11-5-6-12-16/h1,7-10H,5-6,11-12H2,2-3H3. The molecule has 1 aliphatic rings. The van der Waals surface area contributed by atoms with Crippen molar-refractivity contribution in [3.05, 3.63) is 29.8 Å².